The van der Waals surface area contributed by atoms with Crippen molar-refractivity contribution in [2.75, 3.05) is 27.2 Å². The molecule has 3 aliphatic rings. The summed E-state index contributed by atoms with van der Waals surface area (Å²) in [6.45, 7) is 16.9. The summed E-state index contributed by atoms with van der Waals surface area (Å²) in [7, 11) is 3.53. The zero-order valence-electron chi connectivity index (χ0n) is 37.5. The van der Waals surface area contributed by atoms with Crippen molar-refractivity contribution in [3.05, 3.63) is 37.1 Å². The molecule has 2 aromatic rings. The number of carbonyl (C=O) groups excluding carboxylic acids is 4. The van der Waals surface area contributed by atoms with Crippen LogP contribution in [0.2, 0.25) is 0 Å². The first-order valence-electron chi connectivity index (χ1n) is 21.8. The topological polar surface area (TPSA) is 152 Å². The second-order valence-electron chi connectivity index (χ2n) is 17.9. The number of methoxy groups -OCH3 is 1. The van der Waals surface area contributed by atoms with Crippen LogP contribution in [-0.4, -0.2) is 129 Å². The highest BCUT2D eigenvalue weighted by Gasteiger charge is 2.61. The Morgan fingerprint density at radius 3 is 2.38 bits per heavy atom. The zero-order valence-corrected chi connectivity index (χ0v) is 37.5. The molecule has 0 bridgehead atoms. The van der Waals surface area contributed by atoms with Gasteiger partial charge in [-0.3, -0.25) is 14.6 Å². The van der Waals surface area contributed by atoms with E-state index >= 15 is 4.39 Å². The monoisotopic (exact) mass is 842 g/mol. The summed E-state index contributed by atoms with van der Waals surface area (Å²) in [6, 6.07) is 3.04. The number of esters is 1. The lowest BCUT2D eigenvalue weighted by molar-refractivity contribution is -0.263. The Morgan fingerprint density at radius 2 is 1.73 bits per heavy atom. The minimum Gasteiger partial charge on any atom is -0.455 e. The van der Waals surface area contributed by atoms with Crippen LogP contribution in [0.4, 0.5) is 9.18 Å². The summed E-state index contributed by atoms with van der Waals surface area (Å²) >= 11 is 0. The molecule has 60 heavy (non-hydrogen) atoms. The van der Waals surface area contributed by atoms with E-state index in [4.69, 9.17) is 23.7 Å². The van der Waals surface area contributed by atoms with E-state index in [1.807, 2.05) is 29.8 Å². The molecule has 3 aliphatic heterocycles. The fourth-order valence-electron chi connectivity index (χ4n) is 9.85. The maximum atomic E-state index is 17.0. The number of ether oxygens (including phenoxy) is 5. The number of amides is 1. The molecule has 0 saturated carbocycles. The van der Waals surface area contributed by atoms with Crippen molar-refractivity contribution < 1.29 is 47.3 Å². The normalized spacial score (nSPS) is 35.9. The minimum atomic E-state index is -3.11. The van der Waals surface area contributed by atoms with E-state index in [9.17, 15) is 19.2 Å². The Bertz CT molecular complexity index is 1790. The molecule has 5 rings (SSSR count). The number of imidazole rings is 1. The fraction of sp³-hybridized carbons (Fsp3) is 0.733. The lowest BCUT2D eigenvalue weighted by Crippen LogP contribution is -2.60. The maximum absolute atomic E-state index is 17.0. The molecule has 334 valence electrons. The fourth-order valence-corrected chi connectivity index (χ4v) is 9.85. The summed E-state index contributed by atoms with van der Waals surface area (Å²) in [5, 5.41) is 0. The number of ketones is 2. The van der Waals surface area contributed by atoms with Crippen LogP contribution in [0.15, 0.2) is 37.1 Å². The highest BCUT2D eigenvalue weighted by Crippen LogP contribution is 2.44. The number of pyridine rings is 1. The van der Waals surface area contributed by atoms with Crippen molar-refractivity contribution in [1.29, 1.82) is 0 Å². The van der Waals surface area contributed by atoms with Crippen LogP contribution in [0.25, 0.3) is 11.3 Å². The Kier molecular flexibility index (Phi) is 15.4. The van der Waals surface area contributed by atoms with Gasteiger partial charge in [0.05, 0.1) is 35.9 Å². The van der Waals surface area contributed by atoms with Gasteiger partial charge in [0.15, 0.2) is 17.7 Å². The third-order valence-corrected chi connectivity index (χ3v) is 13.2. The second-order valence-corrected chi connectivity index (χ2v) is 17.9. The van der Waals surface area contributed by atoms with Crippen LogP contribution < -0.4 is 0 Å². The smallest absolute Gasteiger partial charge is 0.410 e. The third-order valence-electron chi connectivity index (χ3n) is 13.2. The van der Waals surface area contributed by atoms with Crippen LogP contribution in [0, 0.1) is 17.8 Å². The number of carbonyl (C=O) groups is 4. The van der Waals surface area contributed by atoms with Gasteiger partial charge in [0.25, 0.3) is 5.67 Å². The molecular weight excluding hydrogens is 774 g/mol. The van der Waals surface area contributed by atoms with Crippen LogP contribution >= 0.6 is 0 Å². The molecule has 0 radical (unpaired) electrons. The SMILES string of the molecule is CCCN(C)[C@@H]1C[C@H](O[C@@H]2[C@@H](C)C(=O)[C@](C)(F)C(=O)O[C@H](CC)[C@@]3(C)OC(=O)N(CCCCn4cnc(-c5cccnc5)c4)C3[C@@H](C)C(=O)[C@H](C)C[C@@]2(C)OC)O[C@H](C)C1. The highest BCUT2D eigenvalue weighted by molar-refractivity contribution is 6.08. The van der Waals surface area contributed by atoms with Gasteiger partial charge in [-0.25, -0.2) is 19.0 Å². The van der Waals surface area contributed by atoms with E-state index in [-0.39, 0.29) is 37.3 Å². The number of hydrogen-bond donors (Lipinski definition) is 0. The molecule has 1 unspecified atom stereocenters. The van der Waals surface area contributed by atoms with Gasteiger partial charge in [-0.2, -0.15) is 0 Å². The molecule has 0 N–H and O–H groups in total. The molecule has 3 saturated heterocycles. The number of nitrogens with zero attached hydrogens (tertiary/aromatic N) is 5. The molecular formula is C45H68FN5O9. The number of cyclic esters (lactones) is 1. The molecule has 14 nitrogen and oxygen atoms in total. The van der Waals surface area contributed by atoms with Gasteiger partial charge < -0.3 is 38.1 Å². The number of halogens is 1. The van der Waals surface area contributed by atoms with E-state index in [1.165, 1.54) is 14.0 Å². The Hall–Kier alpha value is -3.79. The summed E-state index contributed by atoms with van der Waals surface area (Å²) in [6.07, 6.45) is 6.94. The number of fused-ring (bicyclic) bond motifs is 1. The lowest BCUT2D eigenvalue weighted by Gasteiger charge is -2.46. The molecule has 3 fully saturated rings. The third kappa shape index (κ3) is 9.95. The number of Topliss-reactive ketones (excluding diaryl/α,β-unsaturated/α-hetero) is 2. The van der Waals surface area contributed by atoms with Gasteiger partial charge in [-0.15, -0.1) is 0 Å². The molecule has 15 heteroatoms. The van der Waals surface area contributed by atoms with E-state index in [0.717, 1.165) is 37.6 Å². The molecule has 1 amide bonds. The first kappa shape index (κ1) is 47.3. The van der Waals surface area contributed by atoms with Gasteiger partial charge >= 0.3 is 12.1 Å². The Morgan fingerprint density at radius 1 is 1.02 bits per heavy atom. The number of alkyl halides is 1. The maximum Gasteiger partial charge on any atom is 0.410 e. The number of rotatable bonds is 13. The molecule has 2 aromatic heterocycles. The van der Waals surface area contributed by atoms with Crippen molar-refractivity contribution in [3.63, 3.8) is 0 Å². The van der Waals surface area contributed by atoms with Gasteiger partial charge in [0, 0.05) is 74.6 Å². The van der Waals surface area contributed by atoms with Crippen molar-refractivity contribution in [2.45, 2.75) is 167 Å². The molecule has 0 aromatic carbocycles. The second kappa shape index (κ2) is 19.5. The predicted molar refractivity (Wildman–Crippen MR) is 222 cm³/mol. The first-order valence-corrected chi connectivity index (χ1v) is 21.8. The van der Waals surface area contributed by atoms with Gasteiger partial charge in [0.1, 0.15) is 11.9 Å². The standard InChI is InChI=1S/C45H68FN5O9/c1-12-19-49(10)33-22-29(4)57-36(23-33)59-40-31(6)39(53)44(8,46)41(54)58-35(13-2)45(9)38(30(5)37(52)28(3)24-43(40,7)56-11)51(42(55)60-45)21-15-14-20-50-26-34(48-27-50)32-17-16-18-47-25-32/h16-18,25-31,33,35-36,38,40H,12-15,19-24H2,1-11H3/t28-,29-,30+,31+,33+,35-,36+,38?,40-,43-,44+,45-/m1/s1. The Balaban J connectivity index is 1.44. The van der Waals surface area contributed by atoms with Gasteiger partial charge in [-0.1, -0.05) is 34.6 Å². The van der Waals surface area contributed by atoms with Crippen molar-refractivity contribution in [1.82, 2.24) is 24.3 Å². The van der Waals surface area contributed by atoms with Crippen LogP contribution in [0.3, 0.4) is 0 Å². The molecule has 0 aliphatic carbocycles. The van der Waals surface area contributed by atoms with Crippen molar-refractivity contribution >= 4 is 23.6 Å². The number of unbranched alkanes of at least 4 members (excludes halogenated alkanes) is 1. The summed E-state index contributed by atoms with van der Waals surface area (Å²) in [5.41, 5.74) is -4.29. The summed E-state index contributed by atoms with van der Waals surface area (Å²) < 4.78 is 50.1. The number of hydrogen-bond acceptors (Lipinski definition) is 12. The average molecular weight is 842 g/mol. The Labute approximate surface area is 355 Å². The van der Waals surface area contributed by atoms with E-state index in [1.54, 1.807) is 58.2 Å². The van der Waals surface area contributed by atoms with E-state index in [2.05, 4.69) is 28.8 Å². The minimum absolute atomic E-state index is 0.0885. The van der Waals surface area contributed by atoms with Gasteiger partial charge in [0.2, 0.25) is 0 Å². The van der Waals surface area contributed by atoms with Crippen LogP contribution in [0.1, 0.15) is 107 Å². The predicted octanol–water partition coefficient (Wildman–Crippen LogP) is 6.83. The van der Waals surface area contributed by atoms with Crippen LogP contribution in [-0.2, 0) is 44.6 Å². The van der Waals surface area contributed by atoms with E-state index < -0.39 is 77.0 Å². The van der Waals surface area contributed by atoms with Crippen LogP contribution in [0.5, 0.6) is 0 Å². The largest absolute Gasteiger partial charge is 0.455 e. The van der Waals surface area contributed by atoms with E-state index in [0.29, 0.717) is 25.8 Å². The molecule has 0 spiro atoms. The number of aromatic nitrogens is 3. The summed E-state index contributed by atoms with van der Waals surface area (Å²) in [5.74, 6) is -5.35. The number of aryl methyl sites for hydroxylation is 1. The molecule has 5 heterocycles. The zero-order chi connectivity index (χ0) is 44.2. The molecule has 12 atom stereocenters. The highest BCUT2D eigenvalue weighted by atomic mass is 19.1. The van der Waals surface area contributed by atoms with Crippen molar-refractivity contribution in [2.24, 2.45) is 17.8 Å². The average Bonchev–Trinajstić information content (AvgIpc) is 3.80. The van der Waals surface area contributed by atoms with Crippen molar-refractivity contribution in [3.8, 4) is 11.3 Å². The van der Waals surface area contributed by atoms with Gasteiger partial charge in [-0.05, 0) is 91.9 Å². The quantitative estimate of drug-likeness (QED) is 0.118. The lowest BCUT2D eigenvalue weighted by atomic mass is 9.73. The summed E-state index contributed by atoms with van der Waals surface area (Å²) in [4.78, 5) is 69.4. The first-order chi connectivity index (χ1) is 28.3.